The highest BCUT2D eigenvalue weighted by atomic mass is 32.2. The van der Waals surface area contributed by atoms with Crippen molar-refractivity contribution in [3.8, 4) is 6.07 Å². The maximum Gasteiger partial charge on any atom is 0.250 e. The molecule has 0 aromatic carbocycles. The zero-order chi connectivity index (χ0) is 12.7. The fourth-order valence-electron chi connectivity index (χ4n) is 1.22. The molecule has 1 heterocycles. The number of nitriles is 1. The van der Waals surface area contributed by atoms with E-state index >= 15 is 0 Å². The summed E-state index contributed by atoms with van der Waals surface area (Å²) in [5, 5.41) is 17.2. The molecule has 7 heteroatoms. The minimum Gasteiger partial charge on any atom is -0.396 e. The average molecular weight is 274 g/mol. The number of unbranched alkanes of at least 4 members (excludes halogenated alkanes) is 2. The van der Waals surface area contributed by atoms with Gasteiger partial charge in [0.2, 0.25) is 10.0 Å². The molecule has 0 spiro atoms. The molecule has 1 rings (SSSR count). The van der Waals surface area contributed by atoms with Crippen LogP contribution in [0.5, 0.6) is 0 Å². The summed E-state index contributed by atoms with van der Waals surface area (Å²) in [4.78, 5) is 0.380. The van der Waals surface area contributed by atoms with Gasteiger partial charge in [0.15, 0.2) is 0 Å². The van der Waals surface area contributed by atoms with Crippen LogP contribution in [0.3, 0.4) is 0 Å². The molecule has 1 aromatic rings. The number of hydrogen-bond acceptors (Lipinski definition) is 5. The molecule has 0 aliphatic rings. The number of rotatable bonds is 7. The van der Waals surface area contributed by atoms with Crippen LogP contribution < -0.4 is 4.72 Å². The van der Waals surface area contributed by atoms with Gasteiger partial charge in [-0.25, -0.2) is 13.1 Å². The van der Waals surface area contributed by atoms with E-state index in [1.54, 1.807) is 0 Å². The molecular weight excluding hydrogens is 260 g/mol. The highest BCUT2D eigenvalue weighted by Gasteiger charge is 2.15. The molecule has 0 radical (unpaired) electrons. The van der Waals surface area contributed by atoms with E-state index < -0.39 is 10.0 Å². The first-order chi connectivity index (χ1) is 8.10. The van der Waals surface area contributed by atoms with Crippen LogP contribution in [0.15, 0.2) is 16.3 Å². The van der Waals surface area contributed by atoms with Crippen LogP contribution in [-0.2, 0) is 10.0 Å². The summed E-state index contributed by atoms with van der Waals surface area (Å²) in [6.45, 7) is 0.478. The maximum atomic E-state index is 11.7. The van der Waals surface area contributed by atoms with Gasteiger partial charge in [-0.3, -0.25) is 0 Å². The van der Waals surface area contributed by atoms with Crippen molar-refractivity contribution in [2.24, 2.45) is 0 Å². The second-order valence-corrected chi connectivity index (χ2v) is 6.49. The van der Waals surface area contributed by atoms with Crippen molar-refractivity contribution in [3.63, 3.8) is 0 Å². The summed E-state index contributed by atoms with van der Waals surface area (Å²) in [6, 6.07) is 4.82. The van der Waals surface area contributed by atoms with Gasteiger partial charge in [0.25, 0.3) is 0 Å². The molecule has 0 aliphatic heterocycles. The Morgan fingerprint density at radius 2 is 2.12 bits per heavy atom. The van der Waals surface area contributed by atoms with E-state index in [-0.39, 0.29) is 10.8 Å². The van der Waals surface area contributed by atoms with Crippen LogP contribution in [0.25, 0.3) is 0 Å². The van der Waals surface area contributed by atoms with Crippen molar-refractivity contribution in [2.45, 2.75) is 23.5 Å². The summed E-state index contributed by atoms with van der Waals surface area (Å²) in [5.74, 6) is 0. The number of aliphatic hydroxyl groups is 1. The molecule has 5 nitrogen and oxygen atoms in total. The van der Waals surface area contributed by atoms with Crippen molar-refractivity contribution in [2.75, 3.05) is 13.2 Å². The second-order valence-electron chi connectivity index (χ2n) is 3.41. The summed E-state index contributed by atoms with van der Waals surface area (Å²) >= 11 is 0.957. The molecule has 0 saturated heterocycles. The summed E-state index contributed by atoms with van der Waals surface area (Å²) < 4.78 is 26.1. The fraction of sp³-hybridized carbons (Fsp3) is 0.500. The van der Waals surface area contributed by atoms with E-state index in [0.29, 0.717) is 24.3 Å². The minimum absolute atomic E-state index is 0.128. The lowest BCUT2D eigenvalue weighted by Gasteiger charge is -2.03. The van der Waals surface area contributed by atoms with Crippen LogP contribution in [0, 0.1) is 11.3 Å². The molecule has 1 aromatic heterocycles. The lowest BCUT2D eigenvalue weighted by Crippen LogP contribution is -2.24. The molecule has 0 saturated carbocycles. The third kappa shape index (κ3) is 4.44. The first-order valence-electron chi connectivity index (χ1n) is 5.20. The Bertz CT molecular complexity index is 488. The second kappa shape index (κ2) is 6.71. The van der Waals surface area contributed by atoms with E-state index in [9.17, 15) is 8.42 Å². The van der Waals surface area contributed by atoms with E-state index in [2.05, 4.69) is 4.72 Å². The smallest absolute Gasteiger partial charge is 0.250 e. The highest BCUT2D eigenvalue weighted by molar-refractivity contribution is 7.91. The van der Waals surface area contributed by atoms with Crippen LogP contribution >= 0.6 is 11.3 Å². The molecule has 0 unspecified atom stereocenters. The van der Waals surface area contributed by atoms with E-state index in [1.807, 2.05) is 6.07 Å². The first-order valence-corrected chi connectivity index (χ1v) is 7.50. The molecule has 94 valence electrons. The first kappa shape index (κ1) is 14.1. The largest absolute Gasteiger partial charge is 0.396 e. The Kier molecular flexibility index (Phi) is 5.58. The van der Waals surface area contributed by atoms with E-state index in [0.717, 1.165) is 17.8 Å². The Balaban J connectivity index is 2.49. The lowest BCUT2D eigenvalue weighted by molar-refractivity contribution is 0.283. The van der Waals surface area contributed by atoms with Gasteiger partial charge in [-0.1, -0.05) is 0 Å². The Morgan fingerprint density at radius 1 is 1.35 bits per heavy atom. The maximum absolute atomic E-state index is 11.7. The highest BCUT2D eigenvalue weighted by Crippen LogP contribution is 2.20. The van der Waals surface area contributed by atoms with Gasteiger partial charge >= 0.3 is 0 Å². The van der Waals surface area contributed by atoms with Crippen molar-refractivity contribution in [1.82, 2.24) is 4.72 Å². The average Bonchev–Trinajstić information content (AvgIpc) is 2.78. The third-order valence-electron chi connectivity index (χ3n) is 2.08. The number of aliphatic hydroxyl groups excluding tert-OH is 1. The summed E-state index contributed by atoms with van der Waals surface area (Å²) in [7, 11) is -3.48. The van der Waals surface area contributed by atoms with Gasteiger partial charge < -0.3 is 5.11 Å². The quantitative estimate of drug-likeness (QED) is 0.727. The van der Waals surface area contributed by atoms with Crippen molar-refractivity contribution in [1.29, 1.82) is 5.26 Å². The SMILES string of the molecule is N#Cc1ccc(S(=O)(=O)NCCCCCO)s1. The van der Waals surface area contributed by atoms with E-state index in [1.165, 1.54) is 12.1 Å². The van der Waals surface area contributed by atoms with Crippen LogP contribution in [0.4, 0.5) is 0 Å². The summed E-state index contributed by atoms with van der Waals surface area (Å²) in [5.41, 5.74) is 0. The van der Waals surface area contributed by atoms with Gasteiger partial charge in [0.05, 0.1) is 0 Å². The van der Waals surface area contributed by atoms with E-state index in [4.69, 9.17) is 10.4 Å². The standard InChI is InChI=1S/C10H14N2O3S2/c11-8-9-4-5-10(16-9)17(14,15)12-6-2-1-3-7-13/h4-5,12-13H,1-3,6-7H2. The van der Waals surface area contributed by atoms with Gasteiger partial charge in [0, 0.05) is 13.2 Å². The van der Waals surface area contributed by atoms with Gasteiger partial charge in [-0.2, -0.15) is 5.26 Å². The van der Waals surface area contributed by atoms with Crippen LogP contribution in [0.1, 0.15) is 24.1 Å². The zero-order valence-electron chi connectivity index (χ0n) is 9.22. The molecule has 0 atom stereocenters. The summed E-state index contributed by atoms with van der Waals surface area (Å²) in [6.07, 6.45) is 2.16. The Labute approximate surface area is 105 Å². The van der Waals surface area contributed by atoms with Crippen molar-refractivity contribution >= 4 is 21.4 Å². The van der Waals surface area contributed by atoms with Crippen molar-refractivity contribution < 1.29 is 13.5 Å². The fourth-order valence-corrected chi connectivity index (χ4v) is 3.44. The predicted octanol–water partition coefficient (Wildman–Crippen LogP) is 1.06. The Morgan fingerprint density at radius 3 is 2.71 bits per heavy atom. The number of thiophene rings is 1. The van der Waals surface area contributed by atoms with Gasteiger partial charge in [0.1, 0.15) is 15.2 Å². The number of sulfonamides is 1. The van der Waals surface area contributed by atoms with Crippen LogP contribution in [-0.4, -0.2) is 26.7 Å². The molecule has 0 fully saturated rings. The predicted molar refractivity (Wildman–Crippen MR) is 65.2 cm³/mol. The number of hydrogen-bond donors (Lipinski definition) is 2. The van der Waals surface area contributed by atoms with Gasteiger partial charge in [-0.15, -0.1) is 11.3 Å². The number of nitrogens with one attached hydrogen (secondary N) is 1. The molecule has 0 bridgehead atoms. The normalized spacial score (nSPS) is 11.3. The zero-order valence-corrected chi connectivity index (χ0v) is 10.9. The third-order valence-corrected chi connectivity index (χ3v) is 5.03. The molecular formula is C10H14N2O3S2. The topological polar surface area (TPSA) is 90.2 Å². The van der Waals surface area contributed by atoms with Crippen LogP contribution in [0.2, 0.25) is 0 Å². The number of nitrogens with zero attached hydrogens (tertiary/aromatic N) is 1. The Hall–Kier alpha value is -0.940. The molecule has 2 N–H and O–H groups in total. The monoisotopic (exact) mass is 274 g/mol. The molecule has 0 amide bonds. The lowest BCUT2D eigenvalue weighted by atomic mass is 10.2. The molecule has 0 aliphatic carbocycles. The van der Waals surface area contributed by atoms with Gasteiger partial charge in [-0.05, 0) is 31.4 Å². The molecule has 17 heavy (non-hydrogen) atoms. The minimum atomic E-state index is -3.48. The van der Waals surface area contributed by atoms with Crippen molar-refractivity contribution in [3.05, 3.63) is 17.0 Å².